The number of carbonyl (C=O) groups excluding carboxylic acids is 2. The maximum absolute atomic E-state index is 11.8. The van der Waals surface area contributed by atoms with Gasteiger partial charge in [-0.05, 0) is 13.8 Å². The van der Waals surface area contributed by atoms with E-state index in [1.807, 2.05) is 0 Å². The number of hydrogen-bond donors (Lipinski definition) is 0. The molecule has 0 spiro atoms. The lowest BCUT2D eigenvalue weighted by Crippen LogP contribution is -2.39. The van der Waals surface area contributed by atoms with E-state index in [9.17, 15) is 9.59 Å². The Bertz CT molecular complexity index is 459. The fourth-order valence-corrected chi connectivity index (χ4v) is 1.62. The normalized spacial score (nSPS) is 10.9. The largest absolute Gasteiger partial charge is 0.464 e. The molecule has 106 valence electrons. The molecule has 0 bridgehead atoms. The molecule has 1 amide bonds. The Kier molecular flexibility index (Phi) is 5.62. The van der Waals surface area contributed by atoms with Gasteiger partial charge < -0.3 is 14.1 Å². The summed E-state index contributed by atoms with van der Waals surface area (Å²) in [5, 5.41) is 0. The van der Waals surface area contributed by atoms with Gasteiger partial charge in [0.2, 0.25) is 5.89 Å². The lowest BCUT2D eigenvalue weighted by molar-refractivity contribution is -0.132. The number of esters is 1. The van der Waals surface area contributed by atoms with Crippen molar-refractivity contribution in [1.29, 1.82) is 0 Å². The molecule has 0 aliphatic heterocycles. The number of aromatic nitrogens is 1. The summed E-state index contributed by atoms with van der Waals surface area (Å²) in [7, 11) is 1.24. The Labute approximate surface area is 120 Å². The number of nitrogens with zero attached hydrogens (tertiary/aromatic N) is 2. The zero-order valence-corrected chi connectivity index (χ0v) is 12.2. The van der Waals surface area contributed by atoms with Crippen molar-refractivity contribution in [1.82, 2.24) is 9.88 Å². The number of alkyl halides is 2. The summed E-state index contributed by atoms with van der Waals surface area (Å²) >= 11 is 11.1. The zero-order chi connectivity index (χ0) is 14.6. The molecule has 0 fully saturated rings. The molecular formula is C11H14Cl2N2O4. The van der Waals surface area contributed by atoms with Crippen molar-refractivity contribution >= 4 is 35.1 Å². The molecule has 0 saturated carbocycles. The van der Waals surface area contributed by atoms with Crippen molar-refractivity contribution in [3.8, 4) is 0 Å². The molecule has 6 nitrogen and oxygen atoms in total. The highest BCUT2D eigenvalue weighted by molar-refractivity contribution is 6.53. The number of rotatable bonds is 5. The van der Waals surface area contributed by atoms with Crippen LogP contribution >= 0.6 is 23.2 Å². The van der Waals surface area contributed by atoms with Crippen LogP contribution < -0.4 is 0 Å². The Hall–Kier alpha value is -1.27. The quantitative estimate of drug-likeness (QED) is 0.614. The van der Waals surface area contributed by atoms with E-state index in [4.69, 9.17) is 27.6 Å². The fraction of sp³-hybridized carbons (Fsp3) is 0.545. The molecule has 0 radical (unpaired) electrons. The van der Waals surface area contributed by atoms with Crippen LogP contribution in [0.15, 0.2) is 10.7 Å². The monoisotopic (exact) mass is 308 g/mol. The van der Waals surface area contributed by atoms with Crippen LogP contribution in [0, 0.1) is 0 Å². The summed E-state index contributed by atoms with van der Waals surface area (Å²) < 4.78 is 9.61. The minimum Gasteiger partial charge on any atom is -0.464 e. The molecule has 1 rings (SSSR count). The van der Waals surface area contributed by atoms with Crippen molar-refractivity contribution in [2.24, 2.45) is 0 Å². The van der Waals surface area contributed by atoms with Crippen LogP contribution in [-0.4, -0.2) is 39.7 Å². The minimum atomic E-state index is -1.16. The molecular weight excluding hydrogens is 295 g/mol. The Morgan fingerprint density at radius 1 is 1.47 bits per heavy atom. The first-order valence-corrected chi connectivity index (χ1v) is 6.35. The summed E-state index contributed by atoms with van der Waals surface area (Å²) in [6.45, 7) is 3.68. The van der Waals surface area contributed by atoms with Gasteiger partial charge in [-0.25, -0.2) is 9.78 Å². The average molecular weight is 309 g/mol. The smallest absolute Gasteiger partial charge is 0.360 e. The van der Waals surface area contributed by atoms with Gasteiger partial charge in [-0.15, -0.1) is 0 Å². The van der Waals surface area contributed by atoms with E-state index in [2.05, 4.69) is 9.72 Å². The molecule has 19 heavy (non-hydrogen) atoms. The van der Waals surface area contributed by atoms with Gasteiger partial charge in [0.1, 0.15) is 6.26 Å². The van der Waals surface area contributed by atoms with Gasteiger partial charge in [0.05, 0.1) is 13.7 Å². The van der Waals surface area contributed by atoms with Crippen molar-refractivity contribution < 1.29 is 18.7 Å². The number of hydrogen-bond acceptors (Lipinski definition) is 5. The summed E-state index contributed by atoms with van der Waals surface area (Å²) in [5.41, 5.74) is 0.0435. The second-order valence-electron chi connectivity index (χ2n) is 3.98. The van der Waals surface area contributed by atoms with E-state index in [1.165, 1.54) is 18.3 Å². The Balaban J connectivity index is 2.83. The Morgan fingerprint density at radius 3 is 2.58 bits per heavy atom. The van der Waals surface area contributed by atoms with Crippen LogP contribution in [0.5, 0.6) is 0 Å². The molecule has 8 heteroatoms. The van der Waals surface area contributed by atoms with Gasteiger partial charge in [-0.1, -0.05) is 23.2 Å². The highest BCUT2D eigenvalue weighted by Gasteiger charge is 2.25. The number of ether oxygens (including phenoxy) is 1. The molecule has 0 aliphatic rings. The molecule has 0 saturated heterocycles. The van der Waals surface area contributed by atoms with Crippen LogP contribution in [0.3, 0.4) is 0 Å². The van der Waals surface area contributed by atoms with Crippen LogP contribution in [0.4, 0.5) is 0 Å². The molecule has 0 aliphatic carbocycles. The standard InChI is InChI=1S/C11H14Cl2N2O4/c1-6(2)15(10(16)9(12)13)4-8-14-7(5-19-8)11(17)18-3/h5-6,9H,4H2,1-3H3. The van der Waals surface area contributed by atoms with Gasteiger partial charge in [0, 0.05) is 6.04 Å². The molecule has 1 aromatic rings. The lowest BCUT2D eigenvalue weighted by atomic mass is 10.3. The van der Waals surface area contributed by atoms with Crippen molar-refractivity contribution in [3.63, 3.8) is 0 Å². The first-order valence-electron chi connectivity index (χ1n) is 5.48. The summed E-state index contributed by atoms with van der Waals surface area (Å²) in [6.07, 6.45) is 1.17. The third kappa shape index (κ3) is 4.11. The molecule has 0 unspecified atom stereocenters. The number of oxazole rings is 1. The van der Waals surface area contributed by atoms with E-state index in [0.717, 1.165) is 0 Å². The summed E-state index contributed by atoms with van der Waals surface area (Å²) in [6, 6.07) is -0.138. The van der Waals surface area contributed by atoms with Crippen molar-refractivity contribution in [3.05, 3.63) is 17.8 Å². The van der Waals surface area contributed by atoms with Crippen LogP contribution in [0.25, 0.3) is 0 Å². The number of halogens is 2. The van der Waals surface area contributed by atoms with Crippen LogP contribution in [0.1, 0.15) is 30.2 Å². The third-order valence-corrected chi connectivity index (χ3v) is 2.72. The van der Waals surface area contributed by atoms with E-state index in [0.29, 0.717) is 0 Å². The molecule has 0 atom stereocenters. The SMILES string of the molecule is COC(=O)c1coc(CN(C(=O)C(Cl)Cl)C(C)C)n1. The molecule has 0 N–H and O–H groups in total. The highest BCUT2D eigenvalue weighted by Crippen LogP contribution is 2.14. The fourth-order valence-electron chi connectivity index (χ4n) is 1.37. The summed E-state index contributed by atoms with van der Waals surface area (Å²) in [4.78, 5) is 27.2. The van der Waals surface area contributed by atoms with Gasteiger partial charge in [0.25, 0.3) is 5.91 Å². The van der Waals surface area contributed by atoms with Gasteiger partial charge in [-0.2, -0.15) is 0 Å². The first kappa shape index (κ1) is 15.8. The lowest BCUT2D eigenvalue weighted by Gasteiger charge is -2.25. The third-order valence-electron chi connectivity index (χ3n) is 2.34. The van der Waals surface area contributed by atoms with Gasteiger partial charge in [-0.3, -0.25) is 4.79 Å². The molecule has 1 heterocycles. The average Bonchev–Trinajstić information content (AvgIpc) is 2.82. The molecule has 1 aromatic heterocycles. The van der Waals surface area contributed by atoms with E-state index < -0.39 is 16.7 Å². The zero-order valence-electron chi connectivity index (χ0n) is 10.7. The van der Waals surface area contributed by atoms with Crippen LogP contribution in [-0.2, 0) is 16.1 Å². The van der Waals surface area contributed by atoms with Crippen molar-refractivity contribution in [2.45, 2.75) is 31.3 Å². The van der Waals surface area contributed by atoms with Gasteiger partial charge >= 0.3 is 5.97 Å². The predicted molar refractivity (Wildman–Crippen MR) is 69.0 cm³/mol. The second kappa shape index (κ2) is 6.77. The maximum Gasteiger partial charge on any atom is 0.360 e. The first-order chi connectivity index (χ1) is 8.86. The van der Waals surface area contributed by atoms with E-state index in [1.54, 1.807) is 13.8 Å². The van der Waals surface area contributed by atoms with Crippen molar-refractivity contribution in [2.75, 3.05) is 7.11 Å². The molecule has 0 aromatic carbocycles. The number of carbonyl (C=O) groups is 2. The Morgan fingerprint density at radius 2 is 2.11 bits per heavy atom. The predicted octanol–water partition coefficient (Wildman–Crippen LogP) is 2.00. The topological polar surface area (TPSA) is 72.6 Å². The van der Waals surface area contributed by atoms with Crippen LogP contribution in [0.2, 0.25) is 0 Å². The minimum absolute atomic E-state index is 0.0435. The number of amides is 1. The van der Waals surface area contributed by atoms with Gasteiger partial charge in [0.15, 0.2) is 10.5 Å². The van der Waals surface area contributed by atoms with E-state index in [-0.39, 0.29) is 24.2 Å². The number of methoxy groups -OCH3 is 1. The highest BCUT2D eigenvalue weighted by atomic mass is 35.5. The summed E-state index contributed by atoms with van der Waals surface area (Å²) in [5.74, 6) is -0.849. The maximum atomic E-state index is 11.8. The van der Waals surface area contributed by atoms with E-state index >= 15 is 0 Å². The second-order valence-corrected chi connectivity index (χ2v) is 5.07.